The number of nitriles is 1. The normalized spacial score (nSPS) is 15.0. The largest absolute Gasteiger partial charge is 0.495 e. The fraction of sp³-hybridized carbons (Fsp3) is 0.179. The molecule has 0 saturated heterocycles. The van der Waals surface area contributed by atoms with Gasteiger partial charge in [0.1, 0.15) is 5.75 Å². The number of methoxy groups -OCH3 is 1. The summed E-state index contributed by atoms with van der Waals surface area (Å²) in [5.41, 5.74) is 3.02. The third-order valence-electron chi connectivity index (χ3n) is 5.76. The monoisotopic (exact) mass is 530 g/mol. The van der Waals surface area contributed by atoms with Crippen LogP contribution < -0.4 is 20.7 Å². The van der Waals surface area contributed by atoms with E-state index in [1.54, 1.807) is 19.2 Å². The highest BCUT2D eigenvalue weighted by Crippen LogP contribution is 2.42. The standard InChI is InChI=1S/C28H26N4O3S2/c1-18-25(27(34)32-21-11-6-7-12-22(21)35-2)26(23-13-8-14-36-23)20(15-29)28(31-18)37-17-24(33)30-16-19-9-4-3-5-10-19/h3-14,26,31H,16-17H2,1-2H3,(H,30,33)(H,32,34)/t26-/m0/s1. The van der Waals surface area contributed by atoms with Gasteiger partial charge in [0, 0.05) is 22.7 Å². The number of ether oxygens (including phenoxy) is 1. The van der Waals surface area contributed by atoms with Crippen LogP contribution in [0.1, 0.15) is 23.3 Å². The average Bonchev–Trinajstić information content (AvgIpc) is 3.46. The van der Waals surface area contributed by atoms with E-state index in [0.717, 1.165) is 10.4 Å². The number of carbonyl (C=O) groups is 2. The predicted molar refractivity (Wildman–Crippen MR) is 148 cm³/mol. The van der Waals surface area contributed by atoms with Gasteiger partial charge in [-0.25, -0.2) is 0 Å². The molecule has 188 valence electrons. The van der Waals surface area contributed by atoms with Gasteiger partial charge in [-0.3, -0.25) is 9.59 Å². The minimum absolute atomic E-state index is 0.132. The van der Waals surface area contributed by atoms with Crippen LogP contribution in [0.4, 0.5) is 5.69 Å². The molecule has 0 saturated carbocycles. The third kappa shape index (κ3) is 6.23. The highest BCUT2D eigenvalue weighted by Gasteiger charge is 2.35. The minimum atomic E-state index is -0.559. The van der Waals surface area contributed by atoms with Crippen LogP contribution in [0.15, 0.2) is 94.0 Å². The van der Waals surface area contributed by atoms with E-state index in [4.69, 9.17) is 4.74 Å². The summed E-state index contributed by atoms with van der Waals surface area (Å²) < 4.78 is 5.37. The Balaban J connectivity index is 1.55. The van der Waals surface area contributed by atoms with Crippen LogP contribution in [0, 0.1) is 11.3 Å². The van der Waals surface area contributed by atoms with Gasteiger partial charge < -0.3 is 20.7 Å². The molecule has 1 aliphatic rings. The number of carbonyl (C=O) groups excluding carboxylic acids is 2. The van der Waals surface area contributed by atoms with Crippen LogP contribution in [0.3, 0.4) is 0 Å². The van der Waals surface area contributed by atoms with Gasteiger partial charge in [-0.1, -0.05) is 60.3 Å². The van der Waals surface area contributed by atoms with E-state index >= 15 is 0 Å². The Hall–Kier alpha value is -4.00. The number of para-hydroxylation sites is 2. The fourth-order valence-corrected chi connectivity index (χ4v) is 5.76. The van der Waals surface area contributed by atoms with Gasteiger partial charge in [-0.05, 0) is 36.1 Å². The lowest BCUT2D eigenvalue weighted by Crippen LogP contribution is -2.31. The van der Waals surface area contributed by atoms with Crippen molar-refractivity contribution in [3.05, 3.63) is 104 Å². The van der Waals surface area contributed by atoms with E-state index in [9.17, 15) is 14.9 Å². The highest BCUT2D eigenvalue weighted by molar-refractivity contribution is 8.03. The topological polar surface area (TPSA) is 103 Å². The van der Waals surface area contributed by atoms with Crippen molar-refractivity contribution in [3.63, 3.8) is 0 Å². The minimum Gasteiger partial charge on any atom is -0.495 e. The molecule has 2 amide bonds. The number of dihydropyridines is 1. The third-order valence-corrected chi connectivity index (χ3v) is 7.71. The summed E-state index contributed by atoms with van der Waals surface area (Å²) in [6.45, 7) is 2.24. The molecule has 0 unspecified atom stereocenters. The number of allylic oxidation sites excluding steroid dienone is 2. The number of amides is 2. The van der Waals surface area contributed by atoms with Crippen molar-refractivity contribution in [1.29, 1.82) is 5.26 Å². The highest BCUT2D eigenvalue weighted by atomic mass is 32.2. The molecular weight excluding hydrogens is 504 g/mol. The quantitative estimate of drug-likeness (QED) is 0.354. The van der Waals surface area contributed by atoms with Crippen molar-refractivity contribution in [3.8, 4) is 11.8 Å². The Morgan fingerprint density at radius 3 is 2.57 bits per heavy atom. The molecule has 1 aromatic heterocycles. The number of nitrogens with zero attached hydrogens (tertiary/aromatic N) is 1. The molecule has 2 aromatic carbocycles. The zero-order valence-corrected chi connectivity index (χ0v) is 22.0. The van der Waals surface area contributed by atoms with E-state index in [2.05, 4.69) is 22.0 Å². The summed E-state index contributed by atoms with van der Waals surface area (Å²) >= 11 is 2.73. The molecule has 0 spiro atoms. The molecule has 0 fully saturated rings. The summed E-state index contributed by atoms with van der Waals surface area (Å²) in [5, 5.41) is 21.7. The van der Waals surface area contributed by atoms with Gasteiger partial charge in [-0.2, -0.15) is 5.26 Å². The Kier molecular flexibility index (Phi) is 8.67. The summed E-state index contributed by atoms with van der Waals surface area (Å²) in [4.78, 5) is 26.9. The Labute approximate surface area is 224 Å². The Morgan fingerprint density at radius 2 is 1.86 bits per heavy atom. The zero-order valence-electron chi connectivity index (χ0n) is 20.4. The molecule has 3 aromatic rings. The molecule has 9 heteroatoms. The average molecular weight is 531 g/mol. The van der Waals surface area contributed by atoms with Crippen molar-refractivity contribution in [2.24, 2.45) is 0 Å². The van der Waals surface area contributed by atoms with Gasteiger partial charge in [0.15, 0.2) is 0 Å². The summed E-state index contributed by atoms with van der Waals surface area (Å²) in [7, 11) is 1.54. The van der Waals surface area contributed by atoms with E-state index in [1.165, 1.54) is 23.1 Å². The molecule has 2 heterocycles. The van der Waals surface area contributed by atoms with Crippen molar-refractivity contribution >= 4 is 40.6 Å². The first-order chi connectivity index (χ1) is 18.0. The molecule has 37 heavy (non-hydrogen) atoms. The molecule has 1 atom stereocenters. The van der Waals surface area contributed by atoms with Crippen molar-refractivity contribution in [1.82, 2.24) is 10.6 Å². The van der Waals surface area contributed by atoms with Crippen molar-refractivity contribution in [2.75, 3.05) is 18.2 Å². The molecule has 3 N–H and O–H groups in total. The molecule has 4 rings (SSSR count). The molecule has 1 aliphatic heterocycles. The van der Waals surface area contributed by atoms with E-state index in [1.807, 2.05) is 66.9 Å². The van der Waals surface area contributed by atoms with Gasteiger partial charge in [0.25, 0.3) is 5.91 Å². The van der Waals surface area contributed by atoms with Gasteiger partial charge in [0.05, 0.1) is 41.1 Å². The Bertz CT molecular complexity index is 1380. The van der Waals surface area contributed by atoms with Gasteiger partial charge in [-0.15, -0.1) is 11.3 Å². The number of benzene rings is 2. The first kappa shape index (κ1) is 26.1. The molecule has 7 nitrogen and oxygen atoms in total. The van der Waals surface area contributed by atoms with Crippen molar-refractivity contribution in [2.45, 2.75) is 19.4 Å². The first-order valence-corrected chi connectivity index (χ1v) is 13.4. The summed E-state index contributed by atoms with van der Waals surface area (Å²) in [5.74, 6) is -0.358. The predicted octanol–water partition coefficient (Wildman–Crippen LogP) is 5.14. The Morgan fingerprint density at radius 1 is 1.11 bits per heavy atom. The maximum Gasteiger partial charge on any atom is 0.254 e. The van der Waals surface area contributed by atoms with Crippen LogP contribution in [-0.2, 0) is 16.1 Å². The van der Waals surface area contributed by atoms with Crippen molar-refractivity contribution < 1.29 is 14.3 Å². The number of thioether (sulfide) groups is 1. The second-order valence-electron chi connectivity index (χ2n) is 8.17. The first-order valence-electron chi connectivity index (χ1n) is 11.5. The fourth-order valence-electron chi connectivity index (χ4n) is 3.99. The molecular formula is C28H26N4O3S2. The number of hydrogen-bond donors (Lipinski definition) is 3. The maximum atomic E-state index is 13.5. The number of nitrogens with one attached hydrogen (secondary N) is 3. The van der Waals surface area contributed by atoms with E-state index in [0.29, 0.717) is 39.9 Å². The molecule has 0 radical (unpaired) electrons. The summed E-state index contributed by atoms with van der Waals surface area (Å²) in [6, 6.07) is 22.9. The van der Waals surface area contributed by atoms with Crippen LogP contribution in [0.25, 0.3) is 0 Å². The zero-order chi connectivity index (χ0) is 26.2. The number of anilines is 1. The van der Waals surface area contributed by atoms with Crippen LogP contribution in [0.2, 0.25) is 0 Å². The summed E-state index contributed by atoms with van der Waals surface area (Å²) in [6.07, 6.45) is 0. The smallest absolute Gasteiger partial charge is 0.254 e. The maximum absolute atomic E-state index is 13.5. The lowest BCUT2D eigenvalue weighted by molar-refractivity contribution is -0.118. The van der Waals surface area contributed by atoms with Crippen LogP contribution >= 0.6 is 23.1 Å². The molecule has 0 bridgehead atoms. The lowest BCUT2D eigenvalue weighted by atomic mass is 9.86. The lowest BCUT2D eigenvalue weighted by Gasteiger charge is -2.29. The van der Waals surface area contributed by atoms with E-state index in [-0.39, 0.29) is 17.6 Å². The number of thiophene rings is 1. The van der Waals surface area contributed by atoms with Gasteiger partial charge in [0.2, 0.25) is 5.91 Å². The van der Waals surface area contributed by atoms with Gasteiger partial charge >= 0.3 is 0 Å². The SMILES string of the molecule is COc1ccccc1NC(=O)C1=C(C)NC(SCC(=O)NCc2ccccc2)=C(C#N)[C@H]1c1cccs1. The number of rotatable bonds is 9. The second-order valence-corrected chi connectivity index (χ2v) is 10.1. The van der Waals surface area contributed by atoms with Crippen LogP contribution in [0.5, 0.6) is 5.75 Å². The van der Waals surface area contributed by atoms with E-state index < -0.39 is 5.92 Å². The van der Waals surface area contributed by atoms with Crippen LogP contribution in [-0.4, -0.2) is 24.7 Å². The molecule has 0 aliphatic carbocycles. The second kappa shape index (κ2) is 12.3. The number of hydrogen-bond acceptors (Lipinski definition) is 7.